The standard InChI is InChI=1S/C23H40O/c1-17(9-7-10-19(3)24)11-13-20-18(2)12-14-21-22(4,5)15-8-16-23(20,21)6/h9,12,19-21,24H,7-8,10-11,13-16H2,1-6H3/b17-9+/t19-,20-,21+,23+/m0/s1. The second-order valence-electron chi connectivity index (χ2n) is 9.65. The Morgan fingerprint density at radius 1 is 1.33 bits per heavy atom. The molecular formula is C23H40O. The topological polar surface area (TPSA) is 20.2 Å². The predicted molar refractivity (Wildman–Crippen MR) is 105 cm³/mol. The van der Waals surface area contributed by atoms with E-state index in [0.29, 0.717) is 10.8 Å². The van der Waals surface area contributed by atoms with Gasteiger partial charge >= 0.3 is 0 Å². The van der Waals surface area contributed by atoms with Crippen molar-refractivity contribution in [1.82, 2.24) is 0 Å². The van der Waals surface area contributed by atoms with Crippen LogP contribution in [0.3, 0.4) is 0 Å². The monoisotopic (exact) mass is 332 g/mol. The van der Waals surface area contributed by atoms with Gasteiger partial charge in [-0.3, -0.25) is 0 Å². The van der Waals surface area contributed by atoms with Crippen molar-refractivity contribution in [3.05, 3.63) is 23.3 Å². The minimum Gasteiger partial charge on any atom is -0.393 e. The molecule has 1 N–H and O–H groups in total. The Balaban J connectivity index is 2.05. The van der Waals surface area contributed by atoms with Crippen molar-refractivity contribution in [2.24, 2.45) is 22.7 Å². The Bertz CT molecular complexity index is 482. The zero-order chi connectivity index (χ0) is 18.0. The fourth-order valence-electron chi connectivity index (χ4n) is 5.74. The molecular weight excluding hydrogens is 292 g/mol. The van der Waals surface area contributed by atoms with E-state index >= 15 is 0 Å². The minimum atomic E-state index is -0.179. The SMILES string of the molecule is CC1=CC[C@@H]2C(C)(C)CCC[C@]2(C)[C@H]1CC/C(C)=C/CC[C@H](C)O. The molecule has 138 valence electrons. The van der Waals surface area contributed by atoms with Gasteiger partial charge in [0, 0.05) is 0 Å². The molecule has 2 aliphatic rings. The summed E-state index contributed by atoms with van der Waals surface area (Å²) in [5, 5.41) is 9.41. The van der Waals surface area contributed by atoms with Crippen LogP contribution < -0.4 is 0 Å². The maximum Gasteiger partial charge on any atom is 0.0515 e. The molecule has 0 amide bonds. The van der Waals surface area contributed by atoms with Crippen molar-refractivity contribution >= 4 is 0 Å². The predicted octanol–water partition coefficient (Wildman–Crippen LogP) is 6.67. The van der Waals surface area contributed by atoms with Crippen LogP contribution in [0.4, 0.5) is 0 Å². The van der Waals surface area contributed by atoms with Crippen LogP contribution >= 0.6 is 0 Å². The zero-order valence-electron chi connectivity index (χ0n) is 17.0. The van der Waals surface area contributed by atoms with Crippen molar-refractivity contribution in [3.63, 3.8) is 0 Å². The molecule has 0 aromatic carbocycles. The van der Waals surface area contributed by atoms with Crippen molar-refractivity contribution in [2.45, 2.75) is 99.0 Å². The van der Waals surface area contributed by atoms with E-state index in [9.17, 15) is 5.11 Å². The summed E-state index contributed by atoms with van der Waals surface area (Å²) < 4.78 is 0. The van der Waals surface area contributed by atoms with Crippen LogP contribution in [-0.4, -0.2) is 11.2 Å². The Hall–Kier alpha value is -0.560. The Morgan fingerprint density at radius 3 is 2.71 bits per heavy atom. The lowest BCUT2D eigenvalue weighted by Crippen LogP contribution is -2.48. The molecule has 24 heavy (non-hydrogen) atoms. The van der Waals surface area contributed by atoms with Gasteiger partial charge in [-0.25, -0.2) is 0 Å². The summed E-state index contributed by atoms with van der Waals surface area (Å²) in [5.41, 5.74) is 4.12. The molecule has 0 heterocycles. The molecule has 0 spiro atoms. The van der Waals surface area contributed by atoms with Crippen LogP contribution in [0.5, 0.6) is 0 Å². The number of allylic oxidation sites excluding steroid dienone is 4. The highest BCUT2D eigenvalue weighted by atomic mass is 16.3. The molecule has 4 atom stereocenters. The molecule has 0 unspecified atom stereocenters. The number of aliphatic hydroxyl groups is 1. The first-order chi connectivity index (χ1) is 11.2. The van der Waals surface area contributed by atoms with E-state index in [1.165, 1.54) is 44.1 Å². The summed E-state index contributed by atoms with van der Waals surface area (Å²) in [7, 11) is 0. The van der Waals surface area contributed by atoms with Crippen LogP contribution in [0.1, 0.15) is 92.9 Å². The second-order valence-corrected chi connectivity index (χ2v) is 9.65. The van der Waals surface area contributed by atoms with Crippen LogP contribution in [0, 0.1) is 22.7 Å². The normalized spacial score (nSPS) is 34.5. The molecule has 1 fully saturated rings. The fraction of sp³-hybridized carbons (Fsp3) is 0.826. The van der Waals surface area contributed by atoms with E-state index in [0.717, 1.165) is 24.7 Å². The van der Waals surface area contributed by atoms with Gasteiger partial charge in [0.05, 0.1) is 6.10 Å². The highest BCUT2D eigenvalue weighted by Crippen LogP contribution is 2.60. The molecule has 2 aliphatic carbocycles. The highest BCUT2D eigenvalue weighted by Gasteiger charge is 2.51. The summed E-state index contributed by atoms with van der Waals surface area (Å²) in [4.78, 5) is 0. The van der Waals surface area contributed by atoms with E-state index in [4.69, 9.17) is 0 Å². The van der Waals surface area contributed by atoms with Gasteiger partial charge in [0.25, 0.3) is 0 Å². The first kappa shape index (κ1) is 19.8. The average molecular weight is 333 g/mol. The lowest BCUT2D eigenvalue weighted by molar-refractivity contribution is -0.0390. The third-order valence-corrected chi connectivity index (χ3v) is 7.20. The van der Waals surface area contributed by atoms with Crippen LogP contribution in [0.2, 0.25) is 0 Å². The summed E-state index contributed by atoms with van der Waals surface area (Å²) in [6.45, 7) is 14.1. The maximum absolute atomic E-state index is 9.41. The highest BCUT2D eigenvalue weighted by molar-refractivity contribution is 5.19. The molecule has 1 heteroatoms. The molecule has 0 aliphatic heterocycles. The second kappa shape index (κ2) is 7.77. The lowest BCUT2D eigenvalue weighted by Gasteiger charge is -2.57. The first-order valence-electron chi connectivity index (χ1n) is 10.2. The van der Waals surface area contributed by atoms with Gasteiger partial charge in [-0.2, -0.15) is 0 Å². The molecule has 2 rings (SSSR count). The quantitative estimate of drug-likeness (QED) is 0.538. The molecule has 0 aromatic heterocycles. The molecule has 0 radical (unpaired) electrons. The van der Waals surface area contributed by atoms with Crippen molar-refractivity contribution in [1.29, 1.82) is 0 Å². The minimum absolute atomic E-state index is 0.179. The van der Waals surface area contributed by atoms with Gasteiger partial charge in [0.1, 0.15) is 0 Å². The third-order valence-electron chi connectivity index (χ3n) is 7.20. The van der Waals surface area contributed by atoms with Gasteiger partial charge in [-0.15, -0.1) is 0 Å². The smallest absolute Gasteiger partial charge is 0.0515 e. The van der Waals surface area contributed by atoms with Gasteiger partial charge in [-0.05, 0) is 88.4 Å². The number of fused-ring (bicyclic) bond motifs is 1. The van der Waals surface area contributed by atoms with E-state index < -0.39 is 0 Å². The molecule has 0 saturated heterocycles. The lowest BCUT2D eigenvalue weighted by atomic mass is 9.48. The van der Waals surface area contributed by atoms with Crippen LogP contribution in [0.15, 0.2) is 23.3 Å². The van der Waals surface area contributed by atoms with Gasteiger partial charge in [0.15, 0.2) is 0 Å². The summed E-state index contributed by atoms with van der Waals surface area (Å²) in [6, 6.07) is 0. The van der Waals surface area contributed by atoms with Crippen LogP contribution in [0.25, 0.3) is 0 Å². The van der Waals surface area contributed by atoms with Gasteiger partial charge < -0.3 is 5.11 Å². The number of hydrogen-bond donors (Lipinski definition) is 1. The fourth-order valence-corrected chi connectivity index (χ4v) is 5.74. The van der Waals surface area contributed by atoms with Gasteiger partial charge in [-0.1, -0.05) is 50.5 Å². The molecule has 1 saturated carbocycles. The summed E-state index contributed by atoms with van der Waals surface area (Å²) in [5.74, 6) is 1.59. The van der Waals surface area contributed by atoms with E-state index in [2.05, 4.69) is 46.8 Å². The molecule has 1 nitrogen and oxygen atoms in total. The van der Waals surface area contributed by atoms with E-state index in [-0.39, 0.29) is 6.10 Å². The summed E-state index contributed by atoms with van der Waals surface area (Å²) in [6.07, 6.45) is 14.6. The van der Waals surface area contributed by atoms with Gasteiger partial charge in [0.2, 0.25) is 0 Å². The molecule has 0 bridgehead atoms. The Kier molecular flexibility index (Phi) is 6.40. The number of hydrogen-bond acceptors (Lipinski definition) is 1. The third kappa shape index (κ3) is 4.34. The summed E-state index contributed by atoms with van der Waals surface area (Å²) >= 11 is 0. The van der Waals surface area contributed by atoms with Crippen molar-refractivity contribution in [2.75, 3.05) is 0 Å². The Morgan fingerprint density at radius 2 is 2.04 bits per heavy atom. The van der Waals surface area contributed by atoms with E-state index in [1.54, 1.807) is 5.57 Å². The maximum atomic E-state index is 9.41. The average Bonchev–Trinajstić information content (AvgIpc) is 2.45. The number of rotatable bonds is 6. The van der Waals surface area contributed by atoms with Crippen molar-refractivity contribution < 1.29 is 5.11 Å². The van der Waals surface area contributed by atoms with Crippen LogP contribution in [-0.2, 0) is 0 Å². The first-order valence-corrected chi connectivity index (χ1v) is 10.2. The molecule has 0 aromatic rings. The van der Waals surface area contributed by atoms with E-state index in [1.807, 2.05) is 6.92 Å². The zero-order valence-corrected chi connectivity index (χ0v) is 17.0. The number of aliphatic hydroxyl groups excluding tert-OH is 1. The largest absolute Gasteiger partial charge is 0.393 e. The Labute approximate surface area is 150 Å². The van der Waals surface area contributed by atoms with Crippen molar-refractivity contribution in [3.8, 4) is 0 Å².